The summed E-state index contributed by atoms with van der Waals surface area (Å²) in [4.78, 5) is 14.8. The van der Waals surface area contributed by atoms with Crippen LogP contribution in [0.3, 0.4) is 0 Å². The van der Waals surface area contributed by atoms with Gasteiger partial charge in [0.05, 0.1) is 25.9 Å². The van der Waals surface area contributed by atoms with E-state index in [-0.39, 0.29) is 11.9 Å². The van der Waals surface area contributed by atoms with Gasteiger partial charge < -0.3 is 14.8 Å². The molecule has 0 spiro atoms. The molecule has 0 saturated carbocycles. The number of ether oxygens (including phenoxy) is 2. The van der Waals surface area contributed by atoms with Crippen molar-refractivity contribution in [3.05, 3.63) is 65.2 Å². The van der Waals surface area contributed by atoms with E-state index < -0.39 is 0 Å². The van der Waals surface area contributed by atoms with E-state index in [1.165, 1.54) is 11.1 Å². The summed E-state index contributed by atoms with van der Waals surface area (Å²) in [7, 11) is 0. The number of carbonyl (C=O) groups is 1. The quantitative estimate of drug-likeness (QED) is 0.601. The normalized spacial score (nSPS) is 15.5. The van der Waals surface area contributed by atoms with Crippen LogP contribution in [-0.2, 0) is 9.53 Å². The van der Waals surface area contributed by atoms with Crippen molar-refractivity contribution < 1.29 is 14.3 Å². The Kier molecular flexibility index (Phi) is 8.72. The molecule has 2 aromatic rings. The lowest BCUT2D eigenvalue weighted by Crippen LogP contribution is -2.43. The molecular weight excluding hydrogens is 376 g/mol. The number of unbranched alkanes of at least 4 members (excludes halogenated alkanes) is 1. The fraction of sp³-hybridized carbons (Fsp3) is 0.480. The van der Waals surface area contributed by atoms with Gasteiger partial charge in [-0.1, -0.05) is 42.5 Å². The molecule has 1 saturated heterocycles. The maximum Gasteiger partial charge on any atom is 0.220 e. The summed E-state index contributed by atoms with van der Waals surface area (Å²) in [5.41, 5.74) is 3.58. The number of benzene rings is 2. The number of aryl methyl sites for hydroxylation is 2. The third-order valence-electron chi connectivity index (χ3n) is 5.56. The van der Waals surface area contributed by atoms with Gasteiger partial charge in [-0.25, -0.2) is 0 Å². The van der Waals surface area contributed by atoms with Crippen LogP contribution in [-0.4, -0.2) is 50.3 Å². The van der Waals surface area contributed by atoms with Crippen LogP contribution in [0.4, 0.5) is 0 Å². The largest absolute Gasteiger partial charge is 0.493 e. The molecule has 1 fully saturated rings. The zero-order valence-corrected chi connectivity index (χ0v) is 18.2. The number of carbonyl (C=O) groups excluding carboxylic acids is 1. The number of nitrogens with zero attached hydrogens (tertiary/aromatic N) is 1. The summed E-state index contributed by atoms with van der Waals surface area (Å²) in [5, 5.41) is 3.14. The Morgan fingerprint density at radius 3 is 2.63 bits per heavy atom. The Labute approximate surface area is 180 Å². The van der Waals surface area contributed by atoms with Gasteiger partial charge in [0.15, 0.2) is 0 Å². The lowest BCUT2D eigenvalue weighted by Gasteiger charge is -2.35. The van der Waals surface area contributed by atoms with Gasteiger partial charge in [0, 0.05) is 26.1 Å². The second kappa shape index (κ2) is 11.7. The summed E-state index contributed by atoms with van der Waals surface area (Å²) in [6, 6.07) is 16.8. The minimum atomic E-state index is 0.107. The molecule has 0 aromatic heterocycles. The van der Waals surface area contributed by atoms with Crippen LogP contribution in [0.5, 0.6) is 5.75 Å². The lowest BCUT2D eigenvalue weighted by molar-refractivity contribution is -0.121. The molecule has 162 valence electrons. The van der Waals surface area contributed by atoms with Gasteiger partial charge in [-0.3, -0.25) is 9.69 Å². The van der Waals surface area contributed by atoms with E-state index in [9.17, 15) is 4.79 Å². The van der Waals surface area contributed by atoms with E-state index in [1.54, 1.807) is 0 Å². The molecule has 5 heteroatoms. The highest BCUT2D eigenvalue weighted by Crippen LogP contribution is 2.21. The molecule has 1 N–H and O–H groups in total. The molecule has 1 aliphatic heterocycles. The van der Waals surface area contributed by atoms with Crippen LogP contribution in [0.1, 0.15) is 42.0 Å². The Hall–Kier alpha value is -2.37. The van der Waals surface area contributed by atoms with E-state index in [4.69, 9.17) is 9.47 Å². The maximum absolute atomic E-state index is 12.4. The molecule has 5 nitrogen and oxygen atoms in total. The van der Waals surface area contributed by atoms with Crippen LogP contribution < -0.4 is 10.1 Å². The first-order valence-corrected chi connectivity index (χ1v) is 11.0. The molecule has 0 aliphatic carbocycles. The molecule has 1 atom stereocenters. The van der Waals surface area contributed by atoms with Crippen molar-refractivity contribution in [3.63, 3.8) is 0 Å². The average molecular weight is 411 g/mol. The number of rotatable bonds is 10. The summed E-state index contributed by atoms with van der Waals surface area (Å²) < 4.78 is 11.4. The minimum Gasteiger partial charge on any atom is -0.493 e. The highest BCUT2D eigenvalue weighted by Gasteiger charge is 2.22. The molecule has 0 bridgehead atoms. The maximum atomic E-state index is 12.4. The first-order chi connectivity index (χ1) is 14.6. The van der Waals surface area contributed by atoms with Crippen LogP contribution in [0.25, 0.3) is 0 Å². The molecule has 0 radical (unpaired) electrons. The highest BCUT2D eigenvalue weighted by molar-refractivity contribution is 5.75. The van der Waals surface area contributed by atoms with Gasteiger partial charge in [0.25, 0.3) is 0 Å². The molecule has 1 aliphatic rings. The topological polar surface area (TPSA) is 50.8 Å². The van der Waals surface area contributed by atoms with Gasteiger partial charge >= 0.3 is 0 Å². The van der Waals surface area contributed by atoms with Gasteiger partial charge in [-0.2, -0.15) is 0 Å². The van der Waals surface area contributed by atoms with Gasteiger partial charge in [-0.05, 0) is 49.4 Å². The second-order valence-electron chi connectivity index (χ2n) is 7.95. The van der Waals surface area contributed by atoms with Crippen LogP contribution in [0.15, 0.2) is 48.5 Å². The fourth-order valence-electron chi connectivity index (χ4n) is 3.75. The molecular formula is C25H34N2O3. The summed E-state index contributed by atoms with van der Waals surface area (Å²) in [6.07, 6.45) is 2.22. The minimum absolute atomic E-state index is 0.107. The average Bonchev–Trinajstić information content (AvgIpc) is 2.77. The molecule has 3 rings (SSSR count). The first kappa shape index (κ1) is 22.3. The van der Waals surface area contributed by atoms with Crippen molar-refractivity contribution in [2.24, 2.45) is 0 Å². The van der Waals surface area contributed by atoms with E-state index in [1.807, 2.05) is 6.07 Å². The predicted molar refractivity (Wildman–Crippen MR) is 120 cm³/mol. The number of amides is 1. The lowest BCUT2D eigenvalue weighted by atomic mass is 10.0. The number of nitrogens with one attached hydrogen (secondary N) is 1. The number of morpholine rings is 1. The van der Waals surface area contributed by atoms with E-state index in [0.717, 1.165) is 50.5 Å². The summed E-state index contributed by atoms with van der Waals surface area (Å²) in [5.74, 6) is 1.05. The number of hydrogen-bond acceptors (Lipinski definition) is 4. The molecule has 1 amide bonds. The third-order valence-corrected chi connectivity index (χ3v) is 5.56. The van der Waals surface area contributed by atoms with Gasteiger partial charge in [0.2, 0.25) is 5.91 Å². The Morgan fingerprint density at radius 1 is 1.10 bits per heavy atom. The van der Waals surface area contributed by atoms with Crippen molar-refractivity contribution in [2.75, 3.05) is 39.5 Å². The Morgan fingerprint density at radius 2 is 1.87 bits per heavy atom. The highest BCUT2D eigenvalue weighted by atomic mass is 16.5. The second-order valence-corrected chi connectivity index (χ2v) is 7.95. The molecule has 1 heterocycles. The van der Waals surface area contributed by atoms with Gasteiger partial charge in [0.1, 0.15) is 5.75 Å². The Balaban J connectivity index is 1.40. The zero-order valence-electron chi connectivity index (χ0n) is 18.2. The van der Waals surface area contributed by atoms with Crippen LogP contribution in [0, 0.1) is 13.8 Å². The predicted octanol–water partition coefficient (Wildman–Crippen LogP) is 4.04. The van der Waals surface area contributed by atoms with Crippen molar-refractivity contribution in [1.82, 2.24) is 10.2 Å². The smallest absolute Gasteiger partial charge is 0.220 e. The summed E-state index contributed by atoms with van der Waals surface area (Å²) >= 11 is 0. The van der Waals surface area contributed by atoms with E-state index in [0.29, 0.717) is 19.6 Å². The van der Waals surface area contributed by atoms with E-state index in [2.05, 4.69) is 66.5 Å². The van der Waals surface area contributed by atoms with Crippen molar-refractivity contribution >= 4 is 5.91 Å². The third kappa shape index (κ3) is 6.85. The molecule has 2 aromatic carbocycles. The van der Waals surface area contributed by atoms with Gasteiger partial charge in [-0.15, -0.1) is 0 Å². The zero-order chi connectivity index (χ0) is 21.2. The van der Waals surface area contributed by atoms with Crippen molar-refractivity contribution in [1.29, 1.82) is 0 Å². The fourth-order valence-corrected chi connectivity index (χ4v) is 3.75. The Bertz CT molecular complexity index is 788. The van der Waals surface area contributed by atoms with Crippen molar-refractivity contribution in [3.8, 4) is 5.75 Å². The monoisotopic (exact) mass is 410 g/mol. The van der Waals surface area contributed by atoms with Crippen LogP contribution in [0.2, 0.25) is 0 Å². The SMILES string of the molecule is Cc1ccc(C)c(OCCCCC(=O)NCC(c2ccccc2)N2CCOCC2)c1. The summed E-state index contributed by atoms with van der Waals surface area (Å²) in [6.45, 7) is 8.67. The standard InChI is InChI=1S/C25H34N2O3/c1-20-11-12-21(2)24(18-20)30-15-7-6-10-25(28)26-19-23(22-8-4-3-5-9-22)27-13-16-29-17-14-27/h3-5,8-9,11-12,18,23H,6-7,10,13-17,19H2,1-2H3,(H,26,28). The van der Waals surface area contributed by atoms with Crippen LogP contribution >= 0.6 is 0 Å². The first-order valence-electron chi connectivity index (χ1n) is 11.0. The molecule has 1 unspecified atom stereocenters. The molecule has 30 heavy (non-hydrogen) atoms. The van der Waals surface area contributed by atoms with Crippen molar-refractivity contribution in [2.45, 2.75) is 39.2 Å². The van der Waals surface area contributed by atoms with E-state index >= 15 is 0 Å². The number of hydrogen-bond donors (Lipinski definition) is 1.